The molecule has 15 heavy (non-hydrogen) atoms. The zero-order valence-corrected chi connectivity index (χ0v) is 9.16. The van der Waals surface area contributed by atoms with Gasteiger partial charge in [0, 0.05) is 18.8 Å². The van der Waals surface area contributed by atoms with Crippen molar-refractivity contribution in [1.29, 1.82) is 0 Å². The molecule has 80 valence electrons. The van der Waals surface area contributed by atoms with E-state index in [-0.39, 0.29) is 6.03 Å². The molecule has 0 spiro atoms. The Morgan fingerprint density at radius 2 is 1.93 bits per heavy atom. The first-order chi connectivity index (χ1) is 7.16. The molecule has 1 aromatic carbocycles. The van der Waals surface area contributed by atoms with Crippen LogP contribution in [0.5, 0.6) is 0 Å². The van der Waals surface area contributed by atoms with Gasteiger partial charge in [0.15, 0.2) is 0 Å². The molecule has 1 N–H and O–H groups in total. The number of rotatable bonds is 2. The lowest BCUT2D eigenvalue weighted by Gasteiger charge is -2.17. The van der Waals surface area contributed by atoms with Gasteiger partial charge in [0.05, 0.1) is 0 Å². The monoisotopic (exact) mass is 204 g/mol. The van der Waals surface area contributed by atoms with E-state index in [9.17, 15) is 4.79 Å². The predicted octanol–water partition coefficient (Wildman–Crippen LogP) is 2.30. The fraction of sp³-hybridized carbons (Fsp3) is 0.417. The number of anilines is 1. The van der Waals surface area contributed by atoms with E-state index < -0.39 is 0 Å². The Bertz CT molecular complexity index is 354. The van der Waals surface area contributed by atoms with Crippen LogP contribution in [0.4, 0.5) is 10.5 Å². The maximum absolute atomic E-state index is 11.7. The predicted molar refractivity (Wildman–Crippen MR) is 61.1 cm³/mol. The summed E-state index contributed by atoms with van der Waals surface area (Å²) in [5.74, 6) is 0. The van der Waals surface area contributed by atoms with E-state index >= 15 is 0 Å². The Labute approximate surface area is 90.1 Å². The highest BCUT2D eigenvalue weighted by atomic mass is 16.2. The number of nitrogens with zero attached hydrogens (tertiary/aromatic N) is 1. The molecule has 0 heterocycles. The second-order valence-corrected chi connectivity index (χ2v) is 4.12. The summed E-state index contributed by atoms with van der Waals surface area (Å²) in [7, 11) is 1.79. The molecular weight excluding hydrogens is 188 g/mol. The van der Waals surface area contributed by atoms with Crippen LogP contribution in [0, 0.1) is 6.92 Å². The Morgan fingerprint density at radius 3 is 2.47 bits per heavy atom. The molecule has 0 unspecified atom stereocenters. The number of carbonyl (C=O) groups excluding carboxylic acids is 1. The van der Waals surface area contributed by atoms with Gasteiger partial charge in [-0.1, -0.05) is 17.7 Å². The second-order valence-electron chi connectivity index (χ2n) is 4.12. The van der Waals surface area contributed by atoms with Crippen molar-refractivity contribution in [2.24, 2.45) is 0 Å². The highest BCUT2D eigenvalue weighted by Crippen LogP contribution is 2.20. The van der Waals surface area contributed by atoms with Crippen LogP contribution >= 0.6 is 0 Å². The number of amides is 2. The third kappa shape index (κ3) is 2.49. The van der Waals surface area contributed by atoms with E-state index in [0.717, 1.165) is 18.5 Å². The molecule has 1 fully saturated rings. The standard InChI is InChI=1S/C12H16N2O/c1-9-3-7-11(8-4-9)14(2)12(15)13-10-5-6-10/h3-4,7-8,10H,5-6H2,1-2H3,(H,13,15). The molecule has 0 atom stereocenters. The highest BCUT2D eigenvalue weighted by Gasteiger charge is 2.24. The van der Waals surface area contributed by atoms with Crippen molar-refractivity contribution < 1.29 is 4.79 Å². The summed E-state index contributed by atoms with van der Waals surface area (Å²) in [6.07, 6.45) is 2.24. The number of hydrogen-bond donors (Lipinski definition) is 1. The molecule has 2 amide bonds. The van der Waals surface area contributed by atoms with E-state index in [1.165, 1.54) is 5.56 Å². The van der Waals surface area contributed by atoms with E-state index in [1.807, 2.05) is 31.2 Å². The smallest absolute Gasteiger partial charge is 0.321 e. The SMILES string of the molecule is Cc1ccc(N(C)C(=O)NC2CC2)cc1. The second kappa shape index (κ2) is 3.93. The summed E-state index contributed by atoms with van der Waals surface area (Å²) in [5.41, 5.74) is 2.13. The number of urea groups is 1. The van der Waals surface area contributed by atoms with Gasteiger partial charge in [0.2, 0.25) is 0 Å². The van der Waals surface area contributed by atoms with Gasteiger partial charge in [-0.3, -0.25) is 4.90 Å². The van der Waals surface area contributed by atoms with Crippen LogP contribution < -0.4 is 10.2 Å². The Hall–Kier alpha value is -1.51. The summed E-state index contributed by atoms with van der Waals surface area (Å²) >= 11 is 0. The molecule has 0 aromatic heterocycles. The number of carbonyl (C=O) groups is 1. The summed E-state index contributed by atoms with van der Waals surface area (Å²) < 4.78 is 0. The van der Waals surface area contributed by atoms with Gasteiger partial charge in [-0.15, -0.1) is 0 Å². The fourth-order valence-electron chi connectivity index (χ4n) is 1.38. The molecule has 1 aliphatic rings. The average molecular weight is 204 g/mol. The van der Waals surface area contributed by atoms with Gasteiger partial charge >= 0.3 is 6.03 Å². The zero-order chi connectivity index (χ0) is 10.8. The minimum Gasteiger partial charge on any atom is -0.335 e. The molecular formula is C12H16N2O. The number of aryl methyl sites for hydroxylation is 1. The molecule has 2 rings (SSSR count). The molecule has 0 radical (unpaired) electrons. The summed E-state index contributed by atoms with van der Waals surface area (Å²) in [6.45, 7) is 2.04. The van der Waals surface area contributed by atoms with Crippen LogP contribution in [0.15, 0.2) is 24.3 Å². The van der Waals surface area contributed by atoms with Crippen LogP contribution in [0.25, 0.3) is 0 Å². The summed E-state index contributed by atoms with van der Waals surface area (Å²) in [4.78, 5) is 13.3. The van der Waals surface area contributed by atoms with Crippen molar-refractivity contribution >= 4 is 11.7 Å². The molecule has 0 aliphatic heterocycles. The third-order valence-corrected chi connectivity index (χ3v) is 2.63. The first-order valence-corrected chi connectivity index (χ1v) is 5.28. The number of hydrogen-bond acceptors (Lipinski definition) is 1. The first-order valence-electron chi connectivity index (χ1n) is 5.28. The Balaban J connectivity index is 2.02. The average Bonchev–Trinajstić information content (AvgIpc) is 3.02. The molecule has 3 nitrogen and oxygen atoms in total. The van der Waals surface area contributed by atoms with Crippen molar-refractivity contribution in [3.8, 4) is 0 Å². The topological polar surface area (TPSA) is 32.3 Å². The van der Waals surface area contributed by atoms with Crippen molar-refractivity contribution in [2.75, 3.05) is 11.9 Å². The molecule has 0 saturated heterocycles. The normalized spacial score (nSPS) is 14.8. The van der Waals surface area contributed by atoms with Gasteiger partial charge < -0.3 is 5.32 Å². The first kappa shape index (κ1) is 10.0. The van der Waals surface area contributed by atoms with E-state index in [0.29, 0.717) is 6.04 Å². The lowest BCUT2D eigenvalue weighted by molar-refractivity contribution is 0.247. The van der Waals surface area contributed by atoms with Crippen molar-refractivity contribution in [3.05, 3.63) is 29.8 Å². The highest BCUT2D eigenvalue weighted by molar-refractivity contribution is 5.91. The van der Waals surface area contributed by atoms with Gasteiger partial charge in [-0.25, -0.2) is 4.79 Å². The number of benzene rings is 1. The van der Waals surface area contributed by atoms with Crippen molar-refractivity contribution in [2.45, 2.75) is 25.8 Å². The van der Waals surface area contributed by atoms with Crippen LogP contribution in [-0.2, 0) is 0 Å². The Kier molecular flexibility index (Phi) is 2.62. The van der Waals surface area contributed by atoms with Crippen LogP contribution in [0.2, 0.25) is 0 Å². The number of nitrogens with one attached hydrogen (secondary N) is 1. The van der Waals surface area contributed by atoms with Gasteiger partial charge in [-0.2, -0.15) is 0 Å². The maximum Gasteiger partial charge on any atom is 0.321 e. The van der Waals surface area contributed by atoms with E-state index in [2.05, 4.69) is 5.32 Å². The fourth-order valence-corrected chi connectivity index (χ4v) is 1.38. The van der Waals surface area contributed by atoms with Gasteiger partial charge in [0.1, 0.15) is 0 Å². The van der Waals surface area contributed by atoms with Gasteiger partial charge in [0.25, 0.3) is 0 Å². The van der Waals surface area contributed by atoms with Crippen molar-refractivity contribution in [1.82, 2.24) is 5.32 Å². The van der Waals surface area contributed by atoms with Crippen LogP contribution in [0.3, 0.4) is 0 Å². The molecule has 1 saturated carbocycles. The lowest BCUT2D eigenvalue weighted by Crippen LogP contribution is -2.38. The van der Waals surface area contributed by atoms with Crippen molar-refractivity contribution in [3.63, 3.8) is 0 Å². The minimum absolute atomic E-state index is 0.0126. The molecule has 0 bridgehead atoms. The zero-order valence-electron chi connectivity index (χ0n) is 9.16. The molecule has 1 aromatic rings. The molecule has 1 aliphatic carbocycles. The summed E-state index contributed by atoms with van der Waals surface area (Å²) in [5, 5.41) is 2.95. The van der Waals surface area contributed by atoms with Crippen LogP contribution in [-0.4, -0.2) is 19.1 Å². The quantitative estimate of drug-likeness (QED) is 0.787. The van der Waals surface area contributed by atoms with E-state index in [1.54, 1.807) is 11.9 Å². The third-order valence-electron chi connectivity index (χ3n) is 2.63. The minimum atomic E-state index is -0.0126. The largest absolute Gasteiger partial charge is 0.335 e. The van der Waals surface area contributed by atoms with E-state index in [4.69, 9.17) is 0 Å². The summed E-state index contributed by atoms with van der Waals surface area (Å²) in [6, 6.07) is 8.34. The van der Waals surface area contributed by atoms with Gasteiger partial charge in [-0.05, 0) is 31.9 Å². The molecule has 3 heteroatoms. The maximum atomic E-state index is 11.7. The Morgan fingerprint density at radius 1 is 1.33 bits per heavy atom. The van der Waals surface area contributed by atoms with Crippen LogP contribution in [0.1, 0.15) is 18.4 Å². The lowest BCUT2D eigenvalue weighted by atomic mass is 10.2.